The van der Waals surface area contributed by atoms with Crippen molar-refractivity contribution in [1.82, 2.24) is 4.90 Å². The Kier molecular flexibility index (Phi) is 7.82. The molecule has 0 aromatic heterocycles. The predicted molar refractivity (Wildman–Crippen MR) is 150 cm³/mol. The van der Waals surface area contributed by atoms with E-state index in [-0.39, 0.29) is 17.4 Å². The lowest BCUT2D eigenvalue weighted by Gasteiger charge is -2.39. The van der Waals surface area contributed by atoms with Crippen molar-refractivity contribution in [2.45, 2.75) is 50.8 Å². The molecule has 37 heavy (non-hydrogen) atoms. The molecule has 5 rings (SSSR count). The molecule has 188 valence electrons. The molecule has 3 aromatic carbocycles. The third-order valence-corrected chi connectivity index (χ3v) is 8.25. The van der Waals surface area contributed by atoms with E-state index in [0.29, 0.717) is 18.1 Å². The minimum atomic E-state index is -0.130. The van der Waals surface area contributed by atoms with Crippen LogP contribution in [0.15, 0.2) is 83.8 Å². The molecule has 1 aliphatic heterocycles. The van der Waals surface area contributed by atoms with E-state index in [1.807, 2.05) is 78.9 Å². The summed E-state index contributed by atoms with van der Waals surface area (Å²) in [6.07, 6.45) is 6.60. The molecule has 5 nitrogen and oxygen atoms in total. The maximum Gasteiger partial charge on any atom is 0.262 e. The molecule has 0 radical (unpaired) electrons. The Morgan fingerprint density at radius 1 is 1.03 bits per heavy atom. The fraction of sp³-hybridized carbons (Fsp3) is 0.290. The zero-order valence-corrected chi connectivity index (χ0v) is 21.8. The molecule has 1 amide bonds. The Balaban J connectivity index is 1.32. The molecule has 3 aromatic rings. The SMILES string of the molecule is C[C@H]1CCCC[C@H]1N1C(=O)/C(=C/c2ccc(OCc3ccccc3C#N)cc2)SC1Nc1ccccc1. The van der Waals surface area contributed by atoms with Crippen LogP contribution in [0.5, 0.6) is 5.75 Å². The monoisotopic (exact) mass is 509 g/mol. The number of rotatable bonds is 7. The van der Waals surface area contributed by atoms with Crippen molar-refractivity contribution < 1.29 is 9.53 Å². The van der Waals surface area contributed by atoms with Crippen molar-refractivity contribution in [2.75, 3.05) is 5.32 Å². The fourth-order valence-corrected chi connectivity index (χ4v) is 6.31. The van der Waals surface area contributed by atoms with E-state index in [1.165, 1.54) is 12.8 Å². The van der Waals surface area contributed by atoms with E-state index in [0.717, 1.165) is 40.3 Å². The number of ether oxygens (including phenoxy) is 1. The number of hydrogen-bond donors (Lipinski definition) is 1. The van der Waals surface area contributed by atoms with Gasteiger partial charge < -0.3 is 15.0 Å². The summed E-state index contributed by atoms with van der Waals surface area (Å²) >= 11 is 1.59. The molecule has 1 heterocycles. The van der Waals surface area contributed by atoms with Gasteiger partial charge in [-0.3, -0.25) is 4.79 Å². The summed E-state index contributed by atoms with van der Waals surface area (Å²) in [5, 5.41) is 12.9. The molecule has 1 N–H and O–H groups in total. The number of hydrogen-bond acceptors (Lipinski definition) is 5. The van der Waals surface area contributed by atoms with E-state index >= 15 is 0 Å². The van der Waals surface area contributed by atoms with Gasteiger partial charge in [0.2, 0.25) is 0 Å². The summed E-state index contributed by atoms with van der Waals surface area (Å²) in [7, 11) is 0. The Morgan fingerprint density at radius 2 is 1.76 bits per heavy atom. The number of anilines is 1. The van der Waals surface area contributed by atoms with Gasteiger partial charge in [-0.1, -0.05) is 80.1 Å². The second-order valence-corrected chi connectivity index (χ2v) is 10.8. The first-order chi connectivity index (χ1) is 18.1. The smallest absolute Gasteiger partial charge is 0.262 e. The Morgan fingerprint density at radius 3 is 2.51 bits per heavy atom. The Bertz CT molecular complexity index is 1300. The number of amides is 1. The molecular weight excluding hydrogens is 478 g/mol. The van der Waals surface area contributed by atoms with E-state index < -0.39 is 0 Å². The zero-order chi connectivity index (χ0) is 25.6. The number of carbonyl (C=O) groups excluding carboxylic acids is 1. The van der Waals surface area contributed by atoms with Crippen LogP contribution in [0, 0.1) is 17.2 Å². The van der Waals surface area contributed by atoms with Crippen LogP contribution >= 0.6 is 11.8 Å². The largest absolute Gasteiger partial charge is 0.489 e. The molecule has 2 aliphatic rings. The van der Waals surface area contributed by atoms with Gasteiger partial charge in [-0.25, -0.2) is 0 Å². The van der Waals surface area contributed by atoms with Gasteiger partial charge in [-0.15, -0.1) is 0 Å². The Labute approximate surface area is 223 Å². The van der Waals surface area contributed by atoms with Crippen molar-refractivity contribution in [1.29, 1.82) is 5.26 Å². The number of nitrogens with one attached hydrogen (secondary N) is 1. The van der Waals surface area contributed by atoms with Crippen LogP contribution < -0.4 is 10.1 Å². The lowest BCUT2D eigenvalue weighted by Crippen LogP contribution is -2.48. The van der Waals surface area contributed by atoms with Crippen LogP contribution in [0.2, 0.25) is 0 Å². The highest BCUT2D eigenvalue weighted by Gasteiger charge is 2.42. The molecule has 1 aliphatic carbocycles. The minimum absolute atomic E-state index is 0.102. The van der Waals surface area contributed by atoms with Crippen LogP contribution in [0.1, 0.15) is 49.3 Å². The maximum absolute atomic E-state index is 13.7. The molecule has 3 atom stereocenters. The topological polar surface area (TPSA) is 65.4 Å². The summed E-state index contributed by atoms with van der Waals surface area (Å²) in [6.45, 7) is 2.61. The first kappa shape index (κ1) is 25.0. The molecule has 1 saturated heterocycles. The number of nitrogens with zero attached hydrogens (tertiary/aromatic N) is 2. The molecule has 0 spiro atoms. The van der Waals surface area contributed by atoms with Crippen molar-refractivity contribution in [2.24, 2.45) is 5.92 Å². The predicted octanol–water partition coefficient (Wildman–Crippen LogP) is 7.03. The quantitative estimate of drug-likeness (QED) is 0.347. The van der Waals surface area contributed by atoms with Gasteiger partial charge >= 0.3 is 0 Å². The second kappa shape index (κ2) is 11.6. The summed E-state index contributed by atoms with van der Waals surface area (Å²) in [6, 6.07) is 27.8. The van der Waals surface area contributed by atoms with Gasteiger partial charge in [0.05, 0.1) is 16.5 Å². The molecule has 1 saturated carbocycles. The Hall–Kier alpha value is -3.69. The van der Waals surface area contributed by atoms with Crippen LogP contribution in [-0.2, 0) is 11.4 Å². The maximum atomic E-state index is 13.7. The molecule has 2 fully saturated rings. The number of thioether (sulfide) groups is 1. The van der Waals surface area contributed by atoms with Crippen molar-refractivity contribution in [3.05, 3.63) is 100 Å². The molecule has 6 heteroatoms. The zero-order valence-electron chi connectivity index (χ0n) is 21.0. The lowest BCUT2D eigenvalue weighted by molar-refractivity contribution is -0.129. The van der Waals surface area contributed by atoms with Gasteiger partial charge in [0.1, 0.15) is 12.4 Å². The average molecular weight is 510 g/mol. The fourth-order valence-electron chi connectivity index (χ4n) is 5.10. The minimum Gasteiger partial charge on any atom is -0.489 e. The molecule has 0 bridgehead atoms. The number of para-hydroxylation sites is 1. The highest BCUT2D eigenvalue weighted by Crippen LogP contribution is 2.42. The van der Waals surface area contributed by atoms with Gasteiger partial charge in [0.25, 0.3) is 5.91 Å². The van der Waals surface area contributed by atoms with Gasteiger partial charge in [-0.05, 0) is 60.7 Å². The standard InChI is InChI=1S/C31H31N3O2S/c1-22-9-5-8-14-28(22)34-30(35)29(37-31(34)33-26-12-3-2-4-13-26)19-23-15-17-27(18-16-23)36-21-25-11-7-6-10-24(25)20-32/h2-4,6-7,10-13,15-19,22,28,31,33H,5,8-9,14,21H2,1H3/b29-19-/t22-,28+,31?/m0/s1. The summed E-state index contributed by atoms with van der Waals surface area (Å²) in [5.41, 5.74) is 3.32. The lowest BCUT2D eigenvalue weighted by atomic mass is 9.85. The molecular formula is C31H31N3O2S. The summed E-state index contributed by atoms with van der Waals surface area (Å²) in [4.78, 5) is 16.5. The number of benzene rings is 3. The van der Waals surface area contributed by atoms with Crippen LogP contribution in [0.25, 0.3) is 6.08 Å². The number of nitriles is 1. The second-order valence-electron chi connectivity index (χ2n) is 9.66. The summed E-state index contributed by atoms with van der Waals surface area (Å²) in [5.74, 6) is 1.31. The first-order valence-electron chi connectivity index (χ1n) is 12.9. The van der Waals surface area contributed by atoms with E-state index in [1.54, 1.807) is 17.8 Å². The summed E-state index contributed by atoms with van der Waals surface area (Å²) < 4.78 is 5.91. The van der Waals surface area contributed by atoms with Crippen molar-refractivity contribution in [3.63, 3.8) is 0 Å². The van der Waals surface area contributed by atoms with Crippen molar-refractivity contribution in [3.8, 4) is 11.8 Å². The van der Waals surface area contributed by atoms with Crippen LogP contribution in [-0.4, -0.2) is 22.3 Å². The normalized spacial score (nSPS) is 22.6. The number of carbonyl (C=O) groups is 1. The molecule has 1 unspecified atom stereocenters. The van der Waals surface area contributed by atoms with E-state index in [9.17, 15) is 10.1 Å². The third-order valence-electron chi connectivity index (χ3n) is 7.13. The first-order valence-corrected chi connectivity index (χ1v) is 13.7. The highest BCUT2D eigenvalue weighted by molar-refractivity contribution is 8.05. The van der Waals surface area contributed by atoms with Gasteiger partial charge in [0, 0.05) is 17.3 Å². The van der Waals surface area contributed by atoms with Gasteiger partial charge in [-0.2, -0.15) is 5.26 Å². The van der Waals surface area contributed by atoms with Gasteiger partial charge in [0.15, 0.2) is 5.50 Å². The van der Waals surface area contributed by atoms with E-state index in [4.69, 9.17) is 4.74 Å². The van der Waals surface area contributed by atoms with Crippen LogP contribution in [0.4, 0.5) is 5.69 Å². The average Bonchev–Trinajstić information content (AvgIpc) is 3.23. The third kappa shape index (κ3) is 5.84. The van der Waals surface area contributed by atoms with Crippen molar-refractivity contribution >= 4 is 29.4 Å². The van der Waals surface area contributed by atoms with Crippen LogP contribution in [0.3, 0.4) is 0 Å². The van der Waals surface area contributed by atoms with E-state index in [2.05, 4.69) is 23.2 Å². The highest BCUT2D eigenvalue weighted by atomic mass is 32.2.